The van der Waals surface area contributed by atoms with E-state index in [1.165, 1.54) is 7.11 Å². The Morgan fingerprint density at radius 1 is 1.43 bits per heavy atom. The second-order valence-electron chi connectivity index (χ2n) is 5.87. The van der Waals surface area contributed by atoms with Gasteiger partial charge in [-0.15, -0.1) is 0 Å². The number of hydrogen-bond acceptors (Lipinski definition) is 5. The van der Waals surface area contributed by atoms with Crippen molar-refractivity contribution in [1.29, 1.82) is 0 Å². The van der Waals surface area contributed by atoms with Gasteiger partial charge in [-0.25, -0.2) is 0 Å². The number of carbonyl (C=O) groups excluding carboxylic acids is 1. The molecule has 1 N–H and O–H groups in total. The van der Waals surface area contributed by atoms with Crippen LogP contribution < -0.4 is 14.8 Å². The van der Waals surface area contributed by atoms with Crippen molar-refractivity contribution >= 4 is 5.97 Å². The van der Waals surface area contributed by atoms with Gasteiger partial charge in [0.2, 0.25) is 0 Å². The van der Waals surface area contributed by atoms with Crippen molar-refractivity contribution in [1.82, 2.24) is 5.32 Å². The average Bonchev–Trinajstić information content (AvgIpc) is 2.81. The van der Waals surface area contributed by atoms with Gasteiger partial charge in [0.05, 0.1) is 14.2 Å². The lowest BCUT2D eigenvalue weighted by Crippen LogP contribution is -2.47. The van der Waals surface area contributed by atoms with Crippen molar-refractivity contribution in [2.75, 3.05) is 14.2 Å². The molecule has 0 saturated carbocycles. The van der Waals surface area contributed by atoms with Crippen LogP contribution in [0.4, 0.5) is 0 Å². The third-order valence-electron chi connectivity index (χ3n) is 3.72. The van der Waals surface area contributed by atoms with Crippen molar-refractivity contribution < 1.29 is 19.0 Å². The van der Waals surface area contributed by atoms with E-state index < -0.39 is 5.54 Å². The molecule has 1 aromatic rings. The summed E-state index contributed by atoms with van der Waals surface area (Å²) in [5.41, 5.74) is 1.37. The normalized spacial score (nSPS) is 17.1. The fourth-order valence-electron chi connectivity index (χ4n) is 2.45. The lowest BCUT2D eigenvalue weighted by Gasteiger charge is -2.24. The second kappa shape index (κ2) is 5.93. The lowest BCUT2D eigenvalue weighted by molar-refractivity contribution is -0.147. The van der Waals surface area contributed by atoms with Crippen LogP contribution in [0.3, 0.4) is 0 Å². The van der Waals surface area contributed by atoms with Crippen LogP contribution in [-0.2, 0) is 22.5 Å². The highest BCUT2D eigenvalue weighted by molar-refractivity contribution is 5.79. The molecule has 2 rings (SSSR count). The van der Waals surface area contributed by atoms with E-state index in [0.29, 0.717) is 6.54 Å². The van der Waals surface area contributed by atoms with Crippen LogP contribution in [-0.4, -0.2) is 31.8 Å². The van der Waals surface area contributed by atoms with E-state index in [4.69, 9.17) is 14.2 Å². The molecule has 0 aliphatic carbocycles. The number of ether oxygens (including phenoxy) is 3. The van der Waals surface area contributed by atoms with Crippen molar-refractivity contribution in [2.45, 2.75) is 45.4 Å². The summed E-state index contributed by atoms with van der Waals surface area (Å²) in [6.07, 6.45) is 1.09. The Morgan fingerprint density at radius 3 is 2.76 bits per heavy atom. The highest BCUT2D eigenvalue weighted by atomic mass is 16.5. The Bertz CT molecular complexity index is 539. The molecule has 0 saturated heterocycles. The molecule has 0 bridgehead atoms. The maximum atomic E-state index is 11.7. The zero-order valence-electron chi connectivity index (χ0n) is 13.3. The van der Waals surface area contributed by atoms with E-state index >= 15 is 0 Å². The first kappa shape index (κ1) is 15.6. The molecule has 1 heterocycles. The second-order valence-corrected chi connectivity index (χ2v) is 5.87. The Kier molecular flexibility index (Phi) is 4.42. The first-order chi connectivity index (χ1) is 9.87. The predicted molar refractivity (Wildman–Crippen MR) is 79.7 cm³/mol. The largest absolute Gasteiger partial charge is 0.496 e. The molecular weight excluding hydrogens is 270 g/mol. The monoisotopic (exact) mass is 293 g/mol. The van der Waals surface area contributed by atoms with Gasteiger partial charge in [0.1, 0.15) is 23.1 Å². The van der Waals surface area contributed by atoms with E-state index in [1.54, 1.807) is 21.0 Å². The molecule has 0 amide bonds. The number of methoxy groups -OCH3 is 2. The lowest BCUT2D eigenvalue weighted by atomic mass is 10.0. The zero-order chi connectivity index (χ0) is 15.6. The van der Waals surface area contributed by atoms with Gasteiger partial charge in [0.15, 0.2) is 0 Å². The van der Waals surface area contributed by atoms with E-state index in [-0.39, 0.29) is 12.1 Å². The summed E-state index contributed by atoms with van der Waals surface area (Å²) in [6, 6.07) is 4.00. The summed E-state index contributed by atoms with van der Waals surface area (Å²) in [5, 5.41) is 3.19. The van der Waals surface area contributed by atoms with Gasteiger partial charge in [-0.05, 0) is 32.9 Å². The SMILES string of the molecule is COC(=O)C(C)(C)NCc1cc2c(cc1OC)CC(C)O2. The fraction of sp³-hybridized carbons (Fsp3) is 0.562. The molecule has 0 spiro atoms. The molecule has 1 aliphatic heterocycles. The highest BCUT2D eigenvalue weighted by Gasteiger charge is 2.29. The van der Waals surface area contributed by atoms with Crippen LogP contribution in [0.2, 0.25) is 0 Å². The molecule has 5 nitrogen and oxygen atoms in total. The van der Waals surface area contributed by atoms with Gasteiger partial charge >= 0.3 is 5.97 Å². The minimum atomic E-state index is -0.757. The number of hydrogen-bond donors (Lipinski definition) is 1. The van der Waals surface area contributed by atoms with Gasteiger partial charge < -0.3 is 14.2 Å². The summed E-state index contributed by atoms with van der Waals surface area (Å²) in [5.74, 6) is 1.41. The van der Waals surface area contributed by atoms with Gasteiger partial charge in [0, 0.05) is 24.1 Å². The third kappa shape index (κ3) is 3.29. The van der Waals surface area contributed by atoms with Crippen LogP contribution >= 0.6 is 0 Å². The van der Waals surface area contributed by atoms with Crippen LogP contribution in [0, 0.1) is 0 Å². The molecule has 1 unspecified atom stereocenters. The zero-order valence-corrected chi connectivity index (χ0v) is 13.3. The summed E-state index contributed by atoms with van der Waals surface area (Å²) < 4.78 is 16.0. The quantitative estimate of drug-likeness (QED) is 0.842. The van der Waals surface area contributed by atoms with E-state index in [2.05, 4.69) is 5.32 Å². The first-order valence-electron chi connectivity index (χ1n) is 7.07. The smallest absolute Gasteiger partial charge is 0.325 e. The van der Waals surface area contributed by atoms with Crippen LogP contribution in [0.15, 0.2) is 12.1 Å². The summed E-state index contributed by atoms with van der Waals surface area (Å²) in [7, 11) is 3.03. The molecule has 116 valence electrons. The molecule has 0 radical (unpaired) electrons. The van der Waals surface area contributed by atoms with Crippen molar-refractivity contribution in [3.63, 3.8) is 0 Å². The third-order valence-corrected chi connectivity index (χ3v) is 3.72. The summed E-state index contributed by atoms with van der Waals surface area (Å²) in [4.78, 5) is 11.7. The van der Waals surface area contributed by atoms with Crippen molar-refractivity contribution in [2.24, 2.45) is 0 Å². The fourth-order valence-corrected chi connectivity index (χ4v) is 2.45. The minimum absolute atomic E-state index is 0.194. The minimum Gasteiger partial charge on any atom is -0.496 e. The maximum Gasteiger partial charge on any atom is 0.325 e. The van der Waals surface area contributed by atoms with E-state index in [0.717, 1.165) is 29.0 Å². The number of nitrogens with one attached hydrogen (secondary N) is 1. The predicted octanol–water partition coefficient (Wildman–Crippen LogP) is 2.06. The Balaban J connectivity index is 2.17. The number of fused-ring (bicyclic) bond motifs is 1. The Hall–Kier alpha value is -1.75. The molecule has 1 aromatic carbocycles. The molecule has 0 aromatic heterocycles. The average molecular weight is 293 g/mol. The van der Waals surface area contributed by atoms with Crippen molar-refractivity contribution in [3.05, 3.63) is 23.3 Å². The van der Waals surface area contributed by atoms with Gasteiger partial charge in [0.25, 0.3) is 0 Å². The first-order valence-corrected chi connectivity index (χ1v) is 7.07. The van der Waals surface area contributed by atoms with Crippen molar-refractivity contribution in [3.8, 4) is 11.5 Å². The molecule has 1 atom stereocenters. The van der Waals surface area contributed by atoms with Crippen LogP contribution in [0.5, 0.6) is 11.5 Å². The number of esters is 1. The molecule has 5 heteroatoms. The molecule has 21 heavy (non-hydrogen) atoms. The van der Waals surface area contributed by atoms with Gasteiger partial charge in [-0.1, -0.05) is 0 Å². The number of benzene rings is 1. The summed E-state index contributed by atoms with van der Waals surface area (Å²) in [6.45, 7) is 6.12. The van der Waals surface area contributed by atoms with Crippen LogP contribution in [0.25, 0.3) is 0 Å². The topological polar surface area (TPSA) is 56.8 Å². The highest BCUT2D eigenvalue weighted by Crippen LogP contribution is 2.35. The molecule has 1 aliphatic rings. The Labute approximate surface area is 125 Å². The maximum absolute atomic E-state index is 11.7. The number of rotatable bonds is 5. The van der Waals surface area contributed by atoms with Crippen LogP contribution in [0.1, 0.15) is 31.9 Å². The van der Waals surface area contributed by atoms with Gasteiger partial charge in [-0.2, -0.15) is 0 Å². The Morgan fingerprint density at radius 2 is 2.14 bits per heavy atom. The van der Waals surface area contributed by atoms with E-state index in [1.807, 2.05) is 19.1 Å². The standard InChI is InChI=1S/C16H23NO4/c1-10-6-11-7-13(19-4)12(8-14(11)21-10)9-17-16(2,3)15(18)20-5/h7-8,10,17H,6,9H2,1-5H3. The molecular formula is C16H23NO4. The van der Waals surface area contributed by atoms with Gasteiger partial charge in [-0.3, -0.25) is 10.1 Å². The number of carbonyl (C=O) groups is 1. The summed E-state index contributed by atoms with van der Waals surface area (Å²) >= 11 is 0. The van der Waals surface area contributed by atoms with E-state index in [9.17, 15) is 4.79 Å². The molecule has 0 fully saturated rings.